The van der Waals surface area contributed by atoms with E-state index >= 15 is 0 Å². The maximum absolute atomic E-state index is 11.8. The maximum atomic E-state index is 11.8. The van der Waals surface area contributed by atoms with E-state index in [4.69, 9.17) is 11.6 Å². The smallest absolute Gasteiger partial charge is 0.188 e. The lowest BCUT2D eigenvalue weighted by Crippen LogP contribution is -2.04. The quantitative estimate of drug-likeness (QED) is 0.789. The Morgan fingerprint density at radius 1 is 1.50 bits per heavy atom. The number of aromatic nitrogens is 2. The van der Waals surface area contributed by atoms with Crippen molar-refractivity contribution < 1.29 is 4.79 Å². The predicted molar refractivity (Wildman–Crippen MR) is 64.1 cm³/mol. The standard InChI is InChI=1S/C11H9ClN2OS/c1-7-2-3-8(9(12)4-7)5-11(15)10-6-16-14-13-10/h2-4,6H,5H2,1H3. The second-order valence-corrected chi connectivity index (χ2v) is 4.50. The van der Waals surface area contributed by atoms with E-state index in [1.165, 1.54) is 11.5 Å². The largest absolute Gasteiger partial charge is 0.292 e. The molecule has 2 aromatic rings. The molecule has 3 nitrogen and oxygen atoms in total. The van der Waals surface area contributed by atoms with Crippen molar-refractivity contribution in [3.63, 3.8) is 0 Å². The van der Waals surface area contributed by atoms with Crippen LogP contribution in [0.15, 0.2) is 23.6 Å². The molecule has 1 aromatic heterocycles. The number of halogens is 1. The van der Waals surface area contributed by atoms with Crippen LogP contribution in [0.25, 0.3) is 0 Å². The van der Waals surface area contributed by atoms with Crippen molar-refractivity contribution in [1.82, 2.24) is 9.59 Å². The Balaban J connectivity index is 2.18. The zero-order chi connectivity index (χ0) is 11.5. The molecule has 0 radical (unpaired) electrons. The molecule has 0 saturated heterocycles. The summed E-state index contributed by atoms with van der Waals surface area (Å²) in [5.41, 5.74) is 2.31. The topological polar surface area (TPSA) is 42.9 Å². The van der Waals surface area contributed by atoms with Gasteiger partial charge >= 0.3 is 0 Å². The molecule has 0 aliphatic rings. The van der Waals surface area contributed by atoms with Crippen LogP contribution in [0.3, 0.4) is 0 Å². The highest BCUT2D eigenvalue weighted by Gasteiger charge is 2.11. The number of ketones is 1. The summed E-state index contributed by atoms with van der Waals surface area (Å²) in [6, 6.07) is 5.66. The van der Waals surface area contributed by atoms with Gasteiger partial charge in [0.2, 0.25) is 0 Å². The monoisotopic (exact) mass is 252 g/mol. The molecule has 0 aliphatic heterocycles. The van der Waals surface area contributed by atoms with Gasteiger partial charge in [-0.05, 0) is 35.6 Å². The van der Waals surface area contributed by atoms with Gasteiger partial charge in [0.15, 0.2) is 5.78 Å². The Morgan fingerprint density at radius 3 is 2.94 bits per heavy atom. The van der Waals surface area contributed by atoms with Crippen molar-refractivity contribution in [3.05, 3.63) is 45.4 Å². The lowest BCUT2D eigenvalue weighted by Gasteiger charge is -2.03. The van der Waals surface area contributed by atoms with Crippen LogP contribution in [-0.4, -0.2) is 15.4 Å². The van der Waals surface area contributed by atoms with Crippen LogP contribution in [0.2, 0.25) is 5.02 Å². The highest BCUT2D eigenvalue weighted by Crippen LogP contribution is 2.19. The van der Waals surface area contributed by atoms with Crippen LogP contribution in [0.1, 0.15) is 21.6 Å². The Bertz CT molecular complexity index is 511. The molecular formula is C11H9ClN2OS. The minimum atomic E-state index is -0.0560. The molecule has 2 rings (SSSR count). The molecule has 0 atom stereocenters. The minimum absolute atomic E-state index is 0.0560. The minimum Gasteiger partial charge on any atom is -0.292 e. The molecule has 0 N–H and O–H groups in total. The van der Waals surface area contributed by atoms with Crippen LogP contribution in [0.5, 0.6) is 0 Å². The average molecular weight is 253 g/mol. The third-order valence-electron chi connectivity index (χ3n) is 2.21. The van der Waals surface area contributed by atoms with E-state index in [0.717, 1.165) is 11.1 Å². The van der Waals surface area contributed by atoms with Crippen LogP contribution in [-0.2, 0) is 6.42 Å². The molecule has 0 unspecified atom stereocenters. The molecule has 0 aliphatic carbocycles. The zero-order valence-electron chi connectivity index (χ0n) is 8.61. The summed E-state index contributed by atoms with van der Waals surface area (Å²) >= 11 is 7.22. The van der Waals surface area contributed by atoms with Gasteiger partial charge in [0.1, 0.15) is 5.69 Å². The van der Waals surface area contributed by atoms with E-state index in [1.807, 2.05) is 25.1 Å². The highest BCUT2D eigenvalue weighted by molar-refractivity contribution is 7.03. The van der Waals surface area contributed by atoms with Gasteiger partial charge in [-0.25, -0.2) is 0 Å². The fourth-order valence-electron chi connectivity index (χ4n) is 1.35. The highest BCUT2D eigenvalue weighted by atomic mass is 35.5. The Kier molecular flexibility index (Phi) is 3.31. The number of aryl methyl sites for hydroxylation is 1. The second-order valence-electron chi connectivity index (χ2n) is 3.48. The van der Waals surface area contributed by atoms with Gasteiger partial charge in [-0.15, -0.1) is 5.10 Å². The van der Waals surface area contributed by atoms with Crippen molar-refractivity contribution in [2.45, 2.75) is 13.3 Å². The van der Waals surface area contributed by atoms with Crippen molar-refractivity contribution in [2.75, 3.05) is 0 Å². The third kappa shape index (κ3) is 2.46. The number of Topliss-reactive ketones (excluding diaryl/α,β-unsaturated/α-hetero) is 1. The Hall–Kier alpha value is -1.26. The van der Waals surface area contributed by atoms with Crippen LogP contribution < -0.4 is 0 Å². The Morgan fingerprint density at radius 2 is 2.31 bits per heavy atom. The second kappa shape index (κ2) is 4.72. The first kappa shape index (κ1) is 11.2. The molecule has 0 bridgehead atoms. The normalized spacial score (nSPS) is 10.4. The van der Waals surface area contributed by atoms with Crippen LogP contribution in [0, 0.1) is 6.92 Å². The number of carbonyl (C=O) groups is 1. The fraction of sp³-hybridized carbons (Fsp3) is 0.182. The number of hydrogen-bond donors (Lipinski definition) is 0. The van der Waals surface area contributed by atoms with E-state index in [9.17, 15) is 4.79 Å². The van der Waals surface area contributed by atoms with Crippen LogP contribution >= 0.6 is 23.1 Å². The molecule has 0 saturated carbocycles. The third-order valence-corrected chi connectivity index (χ3v) is 3.06. The van der Waals surface area contributed by atoms with Gasteiger partial charge < -0.3 is 0 Å². The molecule has 0 spiro atoms. The lowest BCUT2D eigenvalue weighted by molar-refractivity contribution is 0.0988. The fourth-order valence-corrected chi connectivity index (χ4v) is 2.11. The summed E-state index contributed by atoms with van der Waals surface area (Å²) in [4.78, 5) is 11.8. The van der Waals surface area contributed by atoms with Crippen molar-refractivity contribution in [2.24, 2.45) is 0 Å². The number of rotatable bonds is 3. The molecule has 0 fully saturated rings. The number of benzene rings is 1. The summed E-state index contributed by atoms with van der Waals surface area (Å²) < 4.78 is 3.66. The molecule has 5 heteroatoms. The van der Waals surface area contributed by atoms with E-state index in [1.54, 1.807) is 5.38 Å². The van der Waals surface area contributed by atoms with Crippen LogP contribution in [0.4, 0.5) is 0 Å². The summed E-state index contributed by atoms with van der Waals surface area (Å²) in [7, 11) is 0. The predicted octanol–water partition coefficient (Wildman–Crippen LogP) is 2.93. The molecular weight excluding hydrogens is 244 g/mol. The zero-order valence-corrected chi connectivity index (χ0v) is 10.2. The summed E-state index contributed by atoms with van der Waals surface area (Å²) in [5, 5.41) is 6.00. The van der Waals surface area contributed by atoms with Gasteiger partial charge in [-0.2, -0.15) is 0 Å². The number of hydrogen-bond acceptors (Lipinski definition) is 4. The molecule has 1 heterocycles. The van der Waals surface area contributed by atoms with E-state index in [0.29, 0.717) is 10.7 Å². The summed E-state index contributed by atoms with van der Waals surface area (Å²) in [5.74, 6) is -0.0560. The van der Waals surface area contributed by atoms with Gasteiger partial charge in [0.25, 0.3) is 0 Å². The first-order valence-corrected chi connectivity index (χ1v) is 5.93. The van der Waals surface area contributed by atoms with E-state index in [2.05, 4.69) is 9.59 Å². The van der Waals surface area contributed by atoms with Gasteiger partial charge in [-0.3, -0.25) is 4.79 Å². The molecule has 0 amide bonds. The van der Waals surface area contributed by atoms with E-state index in [-0.39, 0.29) is 12.2 Å². The molecule has 16 heavy (non-hydrogen) atoms. The van der Waals surface area contributed by atoms with Crippen molar-refractivity contribution in [1.29, 1.82) is 0 Å². The number of nitrogens with zero attached hydrogens (tertiary/aromatic N) is 2. The van der Waals surface area contributed by atoms with Gasteiger partial charge in [0.05, 0.1) is 0 Å². The molecule has 1 aromatic carbocycles. The Labute approximate surface area is 102 Å². The first-order chi connectivity index (χ1) is 7.66. The van der Waals surface area contributed by atoms with Gasteiger partial charge in [-0.1, -0.05) is 28.2 Å². The van der Waals surface area contributed by atoms with E-state index < -0.39 is 0 Å². The van der Waals surface area contributed by atoms with Crippen molar-refractivity contribution >= 4 is 28.9 Å². The summed E-state index contributed by atoms with van der Waals surface area (Å²) in [6.45, 7) is 1.96. The maximum Gasteiger partial charge on any atom is 0.188 e. The van der Waals surface area contributed by atoms with Crippen molar-refractivity contribution in [3.8, 4) is 0 Å². The molecule has 82 valence electrons. The average Bonchev–Trinajstić information content (AvgIpc) is 2.75. The van der Waals surface area contributed by atoms with Gasteiger partial charge in [0, 0.05) is 16.8 Å². The summed E-state index contributed by atoms with van der Waals surface area (Å²) in [6.07, 6.45) is 0.268. The SMILES string of the molecule is Cc1ccc(CC(=O)c2csnn2)c(Cl)c1. The first-order valence-electron chi connectivity index (χ1n) is 4.72. The lowest BCUT2D eigenvalue weighted by atomic mass is 10.1. The number of carbonyl (C=O) groups excluding carboxylic acids is 1.